The van der Waals surface area contributed by atoms with E-state index in [0.29, 0.717) is 10.2 Å². The molecule has 0 radical (unpaired) electrons. The third-order valence-corrected chi connectivity index (χ3v) is 15.3. The van der Waals surface area contributed by atoms with Crippen molar-refractivity contribution in [2.45, 2.75) is 17.3 Å². The fourth-order valence-electron chi connectivity index (χ4n) is 10.5. The number of nitrogens with zero attached hydrogens (tertiary/aromatic N) is 1. The van der Waals surface area contributed by atoms with E-state index in [2.05, 4.69) is 234 Å². The molecule has 0 spiro atoms. The second kappa shape index (κ2) is 22.0. The van der Waals surface area contributed by atoms with Crippen molar-refractivity contribution in [1.82, 2.24) is 4.57 Å². The number of fused-ring (bicyclic) bond motifs is 2. The number of para-hydroxylation sites is 1. The molecule has 0 fully saturated rings. The highest BCUT2D eigenvalue weighted by Crippen LogP contribution is 2.52. The third-order valence-electron chi connectivity index (χ3n) is 13.7. The minimum atomic E-state index is -0.617. The summed E-state index contributed by atoms with van der Waals surface area (Å²) in [4.78, 5) is 0. The van der Waals surface area contributed by atoms with Gasteiger partial charge in [-0.15, -0.1) is 0 Å². The molecule has 0 saturated carbocycles. The molecule has 6 heteroatoms. The van der Waals surface area contributed by atoms with Crippen molar-refractivity contribution in [1.29, 1.82) is 0 Å². The Kier molecular flexibility index (Phi) is 14.8. The van der Waals surface area contributed by atoms with E-state index in [4.69, 9.17) is 23.2 Å². The van der Waals surface area contributed by atoms with Crippen LogP contribution in [0, 0.1) is 11.6 Å². The van der Waals surface area contributed by atoms with Crippen LogP contribution in [0.4, 0.5) is 8.78 Å². The molecule has 356 valence electrons. The first-order valence-electron chi connectivity index (χ1n) is 24.1. The second-order valence-electron chi connectivity index (χ2n) is 17.7. The number of halogens is 5. The van der Waals surface area contributed by atoms with Crippen LogP contribution in [0.25, 0.3) is 22.2 Å². The number of allylic oxidation sites excluding steroid dienone is 2. The Morgan fingerprint density at radius 1 is 0.397 bits per heavy atom. The number of hydrogen-bond donors (Lipinski definition) is 0. The van der Waals surface area contributed by atoms with Crippen LogP contribution in [0.3, 0.4) is 0 Å². The van der Waals surface area contributed by atoms with Crippen molar-refractivity contribution in [2.24, 2.45) is 0 Å². The van der Waals surface area contributed by atoms with Crippen molar-refractivity contribution in [3.05, 3.63) is 355 Å². The van der Waals surface area contributed by atoms with Gasteiger partial charge in [0, 0.05) is 16.1 Å². The lowest BCUT2D eigenvalue weighted by molar-refractivity contribution is 0.627. The van der Waals surface area contributed by atoms with Gasteiger partial charge in [0.1, 0.15) is 16.7 Å². The molecule has 0 aliphatic heterocycles. The summed E-state index contributed by atoms with van der Waals surface area (Å²) in [6.45, 7) is 0. The van der Waals surface area contributed by atoms with Crippen LogP contribution >= 0.6 is 39.1 Å². The molecule has 0 N–H and O–H groups in total. The average molecular weight is 1060 g/mol. The predicted molar refractivity (Wildman–Crippen MR) is 303 cm³/mol. The summed E-state index contributed by atoms with van der Waals surface area (Å²) in [7, 11) is 0. The monoisotopic (exact) mass is 1050 g/mol. The van der Waals surface area contributed by atoms with Gasteiger partial charge in [0.15, 0.2) is 0 Å². The molecule has 10 aromatic carbocycles. The molecule has 1 aliphatic carbocycles. The van der Waals surface area contributed by atoms with Gasteiger partial charge in [-0.3, -0.25) is 0 Å². The van der Waals surface area contributed by atoms with Crippen molar-refractivity contribution >= 4 is 55.6 Å². The van der Waals surface area contributed by atoms with Crippen molar-refractivity contribution < 1.29 is 8.78 Å². The van der Waals surface area contributed by atoms with Gasteiger partial charge < -0.3 is 4.57 Å². The Balaban J connectivity index is 0.000000146. The fourth-order valence-corrected chi connectivity index (χ4v) is 11.2. The van der Waals surface area contributed by atoms with Crippen molar-refractivity contribution in [3.8, 4) is 5.69 Å². The molecule has 0 atom stereocenters. The van der Waals surface area contributed by atoms with E-state index in [1.807, 2.05) is 34.9 Å². The van der Waals surface area contributed by atoms with Crippen LogP contribution in [0.2, 0.25) is 10.0 Å². The molecule has 11 aromatic rings. The SMILES string of the molecule is C1=C(C(c2ccccc2)(c2ccccc2)c2ccccc2)c2ccccc2C1.Fc1cccc(-n2cc(C(c3ccccc3)(c3ccccc3)c3ccccc3)c3ccccc32)c1Cl.Fc1cccc(Br)c1Cl. The largest absolute Gasteiger partial charge is 0.315 e. The van der Waals surface area contributed by atoms with Gasteiger partial charge in [0.2, 0.25) is 0 Å². The second-order valence-corrected chi connectivity index (χ2v) is 19.3. The Bertz CT molecular complexity index is 3430. The van der Waals surface area contributed by atoms with Gasteiger partial charge >= 0.3 is 0 Å². The first-order chi connectivity index (χ1) is 35.8. The lowest BCUT2D eigenvalue weighted by atomic mass is 9.63. The summed E-state index contributed by atoms with van der Waals surface area (Å²) >= 11 is 15.0. The first kappa shape index (κ1) is 49.0. The lowest BCUT2D eigenvalue weighted by Crippen LogP contribution is -2.30. The maximum absolute atomic E-state index is 14.6. The molecule has 0 amide bonds. The maximum Gasteiger partial charge on any atom is 0.143 e. The van der Waals surface area contributed by atoms with E-state index in [0.717, 1.165) is 39.6 Å². The zero-order valence-corrected chi connectivity index (χ0v) is 42.7. The van der Waals surface area contributed by atoms with Gasteiger partial charge in [0.05, 0.1) is 27.1 Å². The number of aromatic nitrogens is 1. The fraction of sp³-hybridized carbons (Fsp3) is 0.0448. The molecule has 0 saturated heterocycles. The number of benzene rings is 10. The maximum atomic E-state index is 14.6. The van der Waals surface area contributed by atoms with Gasteiger partial charge in [-0.05, 0) is 108 Å². The first-order valence-corrected chi connectivity index (χ1v) is 25.6. The van der Waals surface area contributed by atoms with E-state index in [-0.39, 0.29) is 15.5 Å². The van der Waals surface area contributed by atoms with Crippen LogP contribution in [-0.4, -0.2) is 4.57 Å². The normalized spacial score (nSPS) is 11.9. The Morgan fingerprint density at radius 2 is 0.795 bits per heavy atom. The summed E-state index contributed by atoms with van der Waals surface area (Å²) in [6, 6.07) is 91.1. The van der Waals surface area contributed by atoms with Crippen LogP contribution in [0.1, 0.15) is 50.1 Å². The van der Waals surface area contributed by atoms with Crippen LogP contribution < -0.4 is 0 Å². The summed E-state index contributed by atoms with van der Waals surface area (Å²) in [6.07, 6.45) is 5.54. The summed E-state index contributed by atoms with van der Waals surface area (Å²) < 4.78 is 29.6. The van der Waals surface area contributed by atoms with E-state index in [1.54, 1.807) is 18.2 Å². The quantitative estimate of drug-likeness (QED) is 0.100. The van der Waals surface area contributed by atoms with Gasteiger partial charge in [0.25, 0.3) is 0 Å². The van der Waals surface area contributed by atoms with Crippen molar-refractivity contribution in [2.75, 3.05) is 0 Å². The van der Waals surface area contributed by atoms with Crippen LogP contribution in [0.15, 0.2) is 284 Å². The Hall–Kier alpha value is -7.60. The summed E-state index contributed by atoms with van der Waals surface area (Å²) in [5.74, 6) is -0.833. The molecule has 0 bridgehead atoms. The molecule has 1 aromatic heterocycles. The zero-order chi connectivity index (χ0) is 50.2. The van der Waals surface area contributed by atoms with E-state index in [1.165, 1.54) is 45.5 Å². The molecular formula is C67H48BrCl2F2N. The molecule has 1 heterocycles. The highest BCUT2D eigenvalue weighted by atomic mass is 79.9. The lowest BCUT2D eigenvalue weighted by Gasteiger charge is -2.38. The topological polar surface area (TPSA) is 4.93 Å². The van der Waals surface area contributed by atoms with Crippen molar-refractivity contribution in [3.63, 3.8) is 0 Å². The highest BCUT2D eigenvalue weighted by molar-refractivity contribution is 9.10. The average Bonchev–Trinajstić information content (AvgIpc) is 4.07. The zero-order valence-electron chi connectivity index (χ0n) is 39.6. The third kappa shape index (κ3) is 9.39. The van der Waals surface area contributed by atoms with E-state index >= 15 is 0 Å². The number of rotatable bonds is 9. The van der Waals surface area contributed by atoms with Gasteiger partial charge in [-0.1, -0.05) is 266 Å². The predicted octanol–water partition coefficient (Wildman–Crippen LogP) is 18.7. The van der Waals surface area contributed by atoms with E-state index < -0.39 is 17.0 Å². The highest BCUT2D eigenvalue weighted by Gasteiger charge is 2.43. The molecular weight excluding hydrogens is 1010 g/mol. The minimum absolute atomic E-state index is 0.106. The molecule has 12 rings (SSSR count). The summed E-state index contributed by atoms with van der Waals surface area (Å²) in [5.41, 5.74) is 13.2. The minimum Gasteiger partial charge on any atom is -0.315 e. The molecule has 73 heavy (non-hydrogen) atoms. The standard InChI is InChI=1S/C33H23ClFN.C28H22.C6H3BrClF/c34-32-29(35)20-12-22-31(32)36-23-28(27-19-10-11-21-30(27)36)33(24-13-4-1-5-14-24,25-15-6-2-7-16-25)26-17-8-3-9-18-26;1-4-13-23(14-5-1)28(24-15-6-2-7-16-24,25-17-8-3-9-18-25)27-21-20-22-12-10-11-19-26(22)27;7-4-2-1-3-5(9)6(4)8/h1-23H;1-19,21H,20H2;1-3H. The smallest absolute Gasteiger partial charge is 0.143 e. The van der Waals surface area contributed by atoms with Gasteiger partial charge in [-0.2, -0.15) is 0 Å². The molecule has 1 aliphatic rings. The van der Waals surface area contributed by atoms with Gasteiger partial charge in [-0.25, -0.2) is 8.78 Å². The molecule has 1 nitrogen and oxygen atoms in total. The van der Waals surface area contributed by atoms with Crippen LogP contribution in [-0.2, 0) is 17.3 Å². The van der Waals surface area contributed by atoms with Crippen LogP contribution in [0.5, 0.6) is 0 Å². The van der Waals surface area contributed by atoms with E-state index in [9.17, 15) is 8.78 Å². The molecule has 0 unspecified atom stereocenters. The Labute approximate surface area is 444 Å². The number of hydrogen-bond acceptors (Lipinski definition) is 0. The summed E-state index contributed by atoms with van der Waals surface area (Å²) in [5, 5.41) is 1.32. The Morgan fingerprint density at radius 3 is 1.26 bits per heavy atom.